The van der Waals surface area contributed by atoms with Gasteiger partial charge in [0.1, 0.15) is 11.8 Å². The van der Waals surface area contributed by atoms with Crippen molar-refractivity contribution >= 4 is 17.6 Å². The van der Waals surface area contributed by atoms with Crippen LogP contribution < -0.4 is 10.1 Å². The van der Waals surface area contributed by atoms with Gasteiger partial charge in [0.25, 0.3) is 0 Å². The molecule has 154 valence electrons. The number of methoxy groups -OCH3 is 1. The Balaban J connectivity index is 1.80. The zero-order valence-corrected chi connectivity index (χ0v) is 17.0. The summed E-state index contributed by atoms with van der Waals surface area (Å²) >= 11 is 0. The summed E-state index contributed by atoms with van der Waals surface area (Å²) in [6.07, 6.45) is 1.36. The van der Waals surface area contributed by atoms with Crippen LogP contribution in [0.15, 0.2) is 54.6 Å². The highest BCUT2D eigenvalue weighted by atomic mass is 16.5. The summed E-state index contributed by atoms with van der Waals surface area (Å²) in [5.74, 6) is 0.268. The molecule has 0 aromatic heterocycles. The SMILES string of the molecule is CCOc1ccccc1NC(=O)[C@@H](c1ccccc1)N1CCC(C(=O)OC)CC1. The van der Waals surface area contributed by atoms with Gasteiger partial charge < -0.3 is 14.8 Å². The van der Waals surface area contributed by atoms with Crippen LogP contribution >= 0.6 is 0 Å². The fraction of sp³-hybridized carbons (Fsp3) is 0.391. The molecule has 0 bridgehead atoms. The van der Waals surface area contributed by atoms with Crippen molar-refractivity contribution in [2.45, 2.75) is 25.8 Å². The van der Waals surface area contributed by atoms with Crippen LogP contribution in [0.4, 0.5) is 5.69 Å². The summed E-state index contributed by atoms with van der Waals surface area (Å²) in [5, 5.41) is 3.04. The van der Waals surface area contributed by atoms with Gasteiger partial charge in [-0.3, -0.25) is 14.5 Å². The third-order valence-corrected chi connectivity index (χ3v) is 5.24. The molecule has 6 heteroatoms. The number of likely N-dealkylation sites (tertiary alicyclic amines) is 1. The summed E-state index contributed by atoms with van der Waals surface area (Å²) < 4.78 is 10.5. The van der Waals surface area contributed by atoms with Crippen molar-refractivity contribution in [1.82, 2.24) is 4.90 Å². The van der Waals surface area contributed by atoms with E-state index in [1.165, 1.54) is 7.11 Å². The number of rotatable bonds is 7. The summed E-state index contributed by atoms with van der Waals surface area (Å²) in [4.78, 5) is 27.3. The molecule has 1 amide bonds. The molecule has 0 aliphatic carbocycles. The number of carbonyl (C=O) groups excluding carboxylic acids is 2. The lowest BCUT2D eigenvalue weighted by atomic mass is 9.94. The number of anilines is 1. The number of benzene rings is 2. The summed E-state index contributed by atoms with van der Waals surface area (Å²) in [5.41, 5.74) is 1.58. The van der Waals surface area contributed by atoms with Crippen molar-refractivity contribution in [2.24, 2.45) is 5.92 Å². The Morgan fingerprint density at radius 3 is 2.38 bits per heavy atom. The molecular weight excluding hydrogens is 368 g/mol. The van der Waals surface area contributed by atoms with E-state index in [1.54, 1.807) is 0 Å². The van der Waals surface area contributed by atoms with Crippen LogP contribution in [0.2, 0.25) is 0 Å². The first-order valence-electron chi connectivity index (χ1n) is 10.0. The van der Waals surface area contributed by atoms with E-state index < -0.39 is 6.04 Å². The summed E-state index contributed by atoms with van der Waals surface area (Å²) in [6.45, 7) is 3.74. The molecule has 1 N–H and O–H groups in total. The second-order valence-corrected chi connectivity index (χ2v) is 7.07. The molecule has 2 aromatic rings. The van der Waals surface area contributed by atoms with Crippen LogP contribution in [0.3, 0.4) is 0 Å². The smallest absolute Gasteiger partial charge is 0.308 e. The molecule has 1 fully saturated rings. The Bertz CT molecular complexity index is 817. The monoisotopic (exact) mass is 396 g/mol. The van der Waals surface area contributed by atoms with Crippen LogP contribution in [-0.4, -0.2) is 43.6 Å². The first-order valence-corrected chi connectivity index (χ1v) is 10.0. The molecule has 0 saturated carbocycles. The molecule has 1 saturated heterocycles. The maximum absolute atomic E-state index is 13.3. The Morgan fingerprint density at radius 1 is 1.07 bits per heavy atom. The van der Waals surface area contributed by atoms with Crippen molar-refractivity contribution in [3.63, 3.8) is 0 Å². The maximum atomic E-state index is 13.3. The van der Waals surface area contributed by atoms with Gasteiger partial charge in [0.05, 0.1) is 25.3 Å². The number of piperidine rings is 1. The van der Waals surface area contributed by atoms with E-state index in [1.807, 2.05) is 61.5 Å². The third kappa shape index (κ3) is 5.15. The number of para-hydroxylation sites is 2. The summed E-state index contributed by atoms with van der Waals surface area (Å²) in [7, 11) is 1.42. The lowest BCUT2D eigenvalue weighted by Gasteiger charge is -2.36. The number of nitrogens with zero attached hydrogens (tertiary/aromatic N) is 1. The maximum Gasteiger partial charge on any atom is 0.308 e. The van der Waals surface area contributed by atoms with Gasteiger partial charge in [-0.2, -0.15) is 0 Å². The lowest BCUT2D eigenvalue weighted by molar-refractivity contribution is -0.147. The number of esters is 1. The molecule has 1 aliphatic heterocycles. The highest BCUT2D eigenvalue weighted by molar-refractivity contribution is 5.96. The van der Waals surface area contributed by atoms with Gasteiger partial charge in [-0.25, -0.2) is 0 Å². The molecule has 0 unspecified atom stereocenters. The predicted octanol–water partition coefficient (Wildman–Crippen LogP) is 3.65. The zero-order chi connectivity index (χ0) is 20.6. The first-order chi connectivity index (χ1) is 14.1. The van der Waals surface area contributed by atoms with E-state index in [0.717, 1.165) is 5.56 Å². The summed E-state index contributed by atoms with van der Waals surface area (Å²) in [6, 6.07) is 16.7. The molecule has 3 rings (SSSR count). The number of hydrogen-bond acceptors (Lipinski definition) is 5. The molecule has 2 aromatic carbocycles. The van der Waals surface area contributed by atoms with Crippen molar-refractivity contribution in [3.8, 4) is 5.75 Å². The Morgan fingerprint density at radius 2 is 1.72 bits per heavy atom. The molecule has 1 aliphatic rings. The number of carbonyl (C=O) groups is 2. The Hall–Kier alpha value is -2.86. The van der Waals surface area contributed by atoms with E-state index in [4.69, 9.17) is 9.47 Å². The zero-order valence-electron chi connectivity index (χ0n) is 17.0. The topological polar surface area (TPSA) is 67.9 Å². The number of nitrogens with one attached hydrogen (secondary N) is 1. The van der Waals surface area contributed by atoms with E-state index in [0.29, 0.717) is 44.0 Å². The van der Waals surface area contributed by atoms with Crippen molar-refractivity contribution in [1.29, 1.82) is 0 Å². The van der Waals surface area contributed by atoms with Crippen LogP contribution in [0, 0.1) is 5.92 Å². The number of ether oxygens (including phenoxy) is 2. The van der Waals surface area contributed by atoms with Crippen LogP contribution in [0.25, 0.3) is 0 Å². The second kappa shape index (κ2) is 10.1. The normalized spacial score (nSPS) is 16.1. The average Bonchev–Trinajstić information content (AvgIpc) is 2.76. The largest absolute Gasteiger partial charge is 0.492 e. The van der Waals surface area contributed by atoms with Gasteiger partial charge in [-0.05, 0) is 37.5 Å². The predicted molar refractivity (Wildman–Crippen MR) is 112 cm³/mol. The van der Waals surface area contributed by atoms with Gasteiger partial charge in [0.15, 0.2) is 0 Å². The van der Waals surface area contributed by atoms with Gasteiger partial charge >= 0.3 is 5.97 Å². The van der Waals surface area contributed by atoms with Crippen molar-refractivity contribution < 1.29 is 19.1 Å². The number of amides is 1. The molecule has 6 nitrogen and oxygen atoms in total. The first kappa shape index (κ1) is 20.9. The minimum Gasteiger partial charge on any atom is -0.492 e. The molecule has 0 spiro atoms. The van der Waals surface area contributed by atoms with Crippen molar-refractivity contribution in [3.05, 3.63) is 60.2 Å². The molecule has 29 heavy (non-hydrogen) atoms. The van der Waals surface area contributed by atoms with Gasteiger partial charge in [-0.15, -0.1) is 0 Å². The minimum atomic E-state index is -0.440. The Labute approximate surface area is 171 Å². The molecule has 0 radical (unpaired) electrons. The van der Waals surface area contributed by atoms with Gasteiger partial charge in [-0.1, -0.05) is 42.5 Å². The highest BCUT2D eigenvalue weighted by Gasteiger charge is 2.33. The molecule has 1 atom stereocenters. The third-order valence-electron chi connectivity index (χ3n) is 5.24. The minimum absolute atomic E-state index is 0.102. The van der Waals surface area contributed by atoms with E-state index in [9.17, 15) is 9.59 Å². The van der Waals surface area contributed by atoms with Crippen molar-refractivity contribution in [2.75, 3.05) is 32.1 Å². The number of hydrogen-bond donors (Lipinski definition) is 1. The van der Waals surface area contributed by atoms with Gasteiger partial charge in [0.2, 0.25) is 5.91 Å². The fourth-order valence-corrected chi connectivity index (χ4v) is 3.78. The lowest BCUT2D eigenvalue weighted by Crippen LogP contribution is -2.43. The molecular formula is C23H28N2O4. The average molecular weight is 396 g/mol. The van der Waals surface area contributed by atoms with Crippen LogP contribution in [0.5, 0.6) is 5.75 Å². The molecule has 1 heterocycles. The van der Waals surface area contributed by atoms with E-state index in [2.05, 4.69) is 10.2 Å². The fourth-order valence-electron chi connectivity index (χ4n) is 3.78. The van der Waals surface area contributed by atoms with Crippen LogP contribution in [-0.2, 0) is 14.3 Å². The quantitative estimate of drug-likeness (QED) is 0.724. The van der Waals surface area contributed by atoms with Gasteiger partial charge in [0, 0.05) is 13.1 Å². The van der Waals surface area contributed by atoms with E-state index >= 15 is 0 Å². The standard InChI is InChI=1S/C23H28N2O4/c1-3-29-20-12-8-7-11-19(20)24-22(26)21(17-9-5-4-6-10-17)25-15-13-18(14-16-25)23(27)28-2/h4-12,18,21H,3,13-16H2,1-2H3,(H,24,26)/t21-/m1/s1. The Kier molecular flexibility index (Phi) is 7.25. The second-order valence-electron chi connectivity index (χ2n) is 7.07. The highest BCUT2D eigenvalue weighted by Crippen LogP contribution is 2.30. The van der Waals surface area contributed by atoms with E-state index in [-0.39, 0.29) is 17.8 Å². The van der Waals surface area contributed by atoms with Crippen LogP contribution in [0.1, 0.15) is 31.4 Å².